The monoisotopic (exact) mass is 314 g/mol. The SMILES string of the molecule is CCCCc1ccccc1C(=O)/C=C/c1ccc2ccccc2c1. The van der Waals surface area contributed by atoms with E-state index in [0.717, 1.165) is 36.0 Å². The number of fused-ring (bicyclic) bond motifs is 1. The minimum absolute atomic E-state index is 0.0786. The van der Waals surface area contributed by atoms with Crippen molar-refractivity contribution in [1.82, 2.24) is 0 Å². The van der Waals surface area contributed by atoms with Crippen LogP contribution < -0.4 is 0 Å². The van der Waals surface area contributed by atoms with Crippen molar-refractivity contribution >= 4 is 22.6 Å². The Morgan fingerprint density at radius 2 is 1.67 bits per heavy atom. The van der Waals surface area contributed by atoms with Crippen molar-refractivity contribution in [3.8, 4) is 0 Å². The minimum Gasteiger partial charge on any atom is -0.289 e. The highest BCUT2D eigenvalue weighted by atomic mass is 16.1. The number of carbonyl (C=O) groups is 1. The summed E-state index contributed by atoms with van der Waals surface area (Å²) in [6.45, 7) is 2.17. The van der Waals surface area contributed by atoms with E-state index in [4.69, 9.17) is 0 Å². The highest BCUT2D eigenvalue weighted by molar-refractivity contribution is 6.08. The number of aryl methyl sites for hydroxylation is 1. The molecule has 0 aliphatic carbocycles. The van der Waals surface area contributed by atoms with Crippen molar-refractivity contribution in [3.63, 3.8) is 0 Å². The molecule has 120 valence electrons. The van der Waals surface area contributed by atoms with Crippen molar-refractivity contribution in [2.45, 2.75) is 26.2 Å². The second kappa shape index (κ2) is 7.74. The van der Waals surface area contributed by atoms with Gasteiger partial charge in [-0.15, -0.1) is 0 Å². The number of allylic oxidation sites excluding steroid dienone is 1. The Morgan fingerprint density at radius 3 is 2.50 bits per heavy atom. The Bertz CT molecular complexity index is 874. The summed E-state index contributed by atoms with van der Waals surface area (Å²) in [7, 11) is 0. The van der Waals surface area contributed by atoms with Crippen molar-refractivity contribution < 1.29 is 4.79 Å². The van der Waals surface area contributed by atoms with Crippen LogP contribution in [0.1, 0.15) is 41.3 Å². The van der Waals surface area contributed by atoms with Gasteiger partial charge in [-0.3, -0.25) is 4.79 Å². The molecule has 0 aliphatic heterocycles. The predicted molar refractivity (Wildman–Crippen MR) is 102 cm³/mol. The molecule has 0 radical (unpaired) electrons. The van der Waals surface area contributed by atoms with Crippen LogP contribution in [0.2, 0.25) is 0 Å². The summed E-state index contributed by atoms with van der Waals surface area (Å²) in [5.74, 6) is 0.0786. The Labute approximate surface area is 143 Å². The molecule has 3 rings (SSSR count). The third kappa shape index (κ3) is 3.80. The van der Waals surface area contributed by atoms with Crippen LogP contribution in [0.4, 0.5) is 0 Å². The lowest BCUT2D eigenvalue weighted by Gasteiger charge is -2.06. The molecule has 0 N–H and O–H groups in total. The standard InChI is InChI=1S/C23H22O/c1-2-3-8-20-10-6-7-12-22(20)23(24)16-14-18-13-15-19-9-4-5-11-21(19)17-18/h4-7,9-17H,2-3,8H2,1H3/b16-14+. The molecule has 3 aromatic rings. The first-order valence-electron chi connectivity index (χ1n) is 8.57. The predicted octanol–water partition coefficient (Wildman–Crippen LogP) is 6.08. The van der Waals surface area contributed by atoms with Gasteiger partial charge in [0.1, 0.15) is 0 Å². The lowest BCUT2D eigenvalue weighted by molar-refractivity contribution is 0.104. The molecule has 0 heterocycles. The van der Waals surface area contributed by atoms with E-state index in [2.05, 4.69) is 43.3 Å². The van der Waals surface area contributed by atoms with Crippen LogP contribution in [-0.2, 0) is 6.42 Å². The first kappa shape index (κ1) is 16.2. The number of hydrogen-bond donors (Lipinski definition) is 0. The summed E-state index contributed by atoms with van der Waals surface area (Å²) in [6.07, 6.45) is 6.80. The molecule has 1 heteroatoms. The number of ketones is 1. The maximum atomic E-state index is 12.6. The van der Waals surface area contributed by atoms with Gasteiger partial charge in [0.15, 0.2) is 5.78 Å². The smallest absolute Gasteiger partial charge is 0.186 e. The zero-order chi connectivity index (χ0) is 16.8. The molecule has 0 fully saturated rings. The molecule has 0 atom stereocenters. The van der Waals surface area contributed by atoms with Gasteiger partial charge in [-0.05, 0) is 46.9 Å². The fourth-order valence-electron chi connectivity index (χ4n) is 2.92. The summed E-state index contributed by atoms with van der Waals surface area (Å²) in [5.41, 5.74) is 3.02. The third-order valence-electron chi connectivity index (χ3n) is 4.28. The lowest BCUT2D eigenvalue weighted by atomic mass is 9.98. The van der Waals surface area contributed by atoms with Gasteiger partial charge in [0, 0.05) is 5.56 Å². The van der Waals surface area contributed by atoms with E-state index >= 15 is 0 Å². The second-order valence-electron chi connectivity index (χ2n) is 6.06. The normalized spacial score (nSPS) is 11.2. The Balaban J connectivity index is 1.81. The Hall–Kier alpha value is -2.67. The Morgan fingerprint density at radius 1 is 0.917 bits per heavy atom. The fraction of sp³-hybridized carbons (Fsp3) is 0.174. The van der Waals surface area contributed by atoms with Crippen LogP contribution in [0, 0.1) is 0 Å². The van der Waals surface area contributed by atoms with Gasteiger partial charge < -0.3 is 0 Å². The van der Waals surface area contributed by atoms with E-state index in [1.165, 1.54) is 10.8 Å². The zero-order valence-electron chi connectivity index (χ0n) is 14.0. The van der Waals surface area contributed by atoms with Crippen LogP contribution in [0.5, 0.6) is 0 Å². The average molecular weight is 314 g/mol. The van der Waals surface area contributed by atoms with Gasteiger partial charge in [0.2, 0.25) is 0 Å². The molecule has 0 aromatic heterocycles. The van der Waals surface area contributed by atoms with E-state index in [1.54, 1.807) is 6.08 Å². The molecular weight excluding hydrogens is 292 g/mol. The summed E-state index contributed by atoms with van der Waals surface area (Å²) in [6, 6.07) is 22.4. The topological polar surface area (TPSA) is 17.1 Å². The number of rotatable bonds is 6. The zero-order valence-corrected chi connectivity index (χ0v) is 14.0. The van der Waals surface area contributed by atoms with Crippen LogP contribution in [0.25, 0.3) is 16.8 Å². The lowest BCUT2D eigenvalue weighted by Crippen LogP contribution is -2.00. The molecule has 24 heavy (non-hydrogen) atoms. The Kier molecular flexibility index (Phi) is 5.22. The molecule has 0 saturated carbocycles. The van der Waals surface area contributed by atoms with Gasteiger partial charge in [0.25, 0.3) is 0 Å². The summed E-state index contributed by atoms with van der Waals surface area (Å²) >= 11 is 0. The second-order valence-corrected chi connectivity index (χ2v) is 6.06. The molecule has 0 aliphatic rings. The van der Waals surface area contributed by atoms with Crippen molar-refractivity contribution in [2.75, 3.05) is 0 Å². The highest BCUT2D eigenvalue weighted by Crippen LogP contribution is 2.18. The highest BCUT2D eigenvalue weighted by Gasteiger charge is 2.07. The van der Waals surface area contributed by atoms with E-state index in [-0.39, 0.29) is 5.78 Å². The molecule has 0 saturated heterocycles. The van der Waals surface area contributed by atoms with E-state index in [9.17, 15) is 4.79 Å². The largest absolute Gasteiger partial charge is 0.289 e. The van der Waals surface area contributed by atoms with Gasteiger partial charge in [-0.2, -0.15) is 0 Å². The van der Waals surface area contributed by atoms with Gasteiger partial charge >= 0.3 is 0 Å². The molecule has 1 nitrogen and oxygen atoms in total. The van der Waals surface area contributed by atoms with Crippen molar-refractivity contribution in [1.29, 1.82) is 0 Å². The van der Waals surface area contributed by atoms with E-state index in [1.807, 2.05) is 36.4 Å². The maximum Gasteiger partial charge on any atom is 0.186 e. The first-order valence-corrected chi connectivity index (χ1v) is 8.57. The molecule has 0 amide bonds. The van der Waals surface area contributed by atoms with Gasteiger partial charge in [-0.1, -0.05) is 80.1 Å². The minimum atomic E-state index is 0.0786. The fourth-order valence-corrected chi connectivity index (χ4v) is 2.92. The van der Waals surface area contributed by atoms with E-state index < -0.39 is 0 Å². The maximum absolute atomic E-state index is 12.6. The van der Waals surface area contributed by atoms with Crippen molar-refractivity contribution in [2.24, 2.45) is 0 Å². The van der Waals surface area contributed by atoms with Gasteiger partial charge in [0.05, 0.1) is 0 Å². The summed E-state index contributed by atoms with van der Waals surface area (Å²) in [4.78, 5) is 12.6. The summed E-state index contributed by atoms with van der Waals surface area (Å²) < 4.78 is 0. The summed E-state index contributed by atoms with van der Waals surface area (Å²) in [5, 5.41) is 2.40. The quantitative estimate of drug-likeness (QED) is 0.398. The van der Waals surface area contributed by atoms with Gasteiger partial charge in [-0.25, -0.2) is 0 Å². The van der Waals surface area contributed by atoms with Crippen LogP contribution in [-0.4, -0.2) is 5.78 Å². The van der Waals surface area contributed by atoms with Crippen LogP contribution in [0.15, 0.2) is 72.8 Å². The first-order chi connectivity index (χ1) is 11.8. The number of carbonyl (C=O) groups excluding carboxylic acids is 1. The number of benzene rings is 3. The molecule has 0 bridgehead atoms. The van der Waals surface area contributed by atoms with Crippen LogP contribution >= 0.6 is 0 Å². The number of hydrogen-bond acceptors (Lipinski definition) is 1. The molecule has 3 aromatic carbocycles. The average Bonchev–Trinajstić information content (AvgIpc) is 2.64. The molecular formula is C23H22O. The van der Waals surface area contributed by atoms with E-state index in [0.29, 0.717) is 0 Å². The molecule has 0 unspecified atom stereocenters. The third-order valence-corrected chi connectivity index (χ3v) is 4.28. The van der Waals surface area contributed by atoms with Crippen LogP contribution in [0.3, 0.4) is 0 Å². The number of unbranched alkanes of at least 4 members (excludes halogenated alkanes) is 1. The molecule has 0 spiro atoms. The van der Waals surface area contributed by atoms with Crippen molar-refractivity contribution in [3.05, 3.63) is 89.5 Å².